The molecule has 0 amide bonds. The molecule has 0 atom stereocenters. The maximum Gasteiger partial charge on any atom is 0.309 e. The summed E-state index contributed by atoms with van der Waals surface area (Å²) in [5, 5.41) is 0. The molecule has 0 saturated carbocycles. The van der Waals surface area contributed by atoms with Crippen LogP contribution in [-0.2, 0) is 19.6 Å². The molecule has 1 saturated heterocycles. The summed E-state index contributed by atoms with van der Waals surface area (Å²) in [6.07, 6.45) is 0.989. The zero-order valence-corrected chi connectivity index (χ0v) is 13.6. The quantitative estimate of drug-likeness (QED) is 0.769. The van der Waals surface area contributed by atoms with E-state index in [1.165, 1.54) is 23.5 Å². The summed E-state index contributed by atoms with van der Waals surface area (Å²) in [5.74, 6) is 0.172. The van der Waals surface area contributed by atoms with E-state index in [9.17, 15) is 13.2 Å². The molecule has 1 aromatic rings. The van der Waals surface area contributed by atoms with Crippen molar-refractivity contribution in [1.82, 2.24) is 4.31 Å². The van der Waals surface area contributed by atoms with E-state index >= 15 is 0 Å². The molecule has 0 radical (unpaired) electrons. The summed E-state index contributed by atoms with van der Waals surface area (Å²) < 4.78 is 36.6. The Labute approximate surface area is 131 Å². The van der Waals surface area contributed by atoms with E-state index < -0.39 is 10.0 Å². The molecule has 1 heterocycles. The Morgan fingerprint density at radius 1 is 1.23 bits per heavy atom. The Balaban J connectivity index is 2.04. The summed E-state index contributed by atoms with van der Waals surface area (Å²) in [6.45, 7) is 2.78. The van der Waals surface area contributed by atoms with E-state index in [0.29, 0.717) is 38.3 Å². The number of esters is 1. The zero-order chi connectivity index (χ0) is 16.2. The average molecular weight is 327 g/mol. The lowest BCUT2D eigenvalue weighted by Gasteiger charge is -2.30. The van der Waals surface area contributed by atoms with Crippen molar-refractivity contribution in [3.63, 3.8) is 0 Å². The second-order valence-electron chi connectivity index (χ2n) is 5.11. The van der Waals surface area contributed by atoms with Crippen molar-refractivity contribution in [3.8, 4) is 5.75 Å². The third-order valence-electron chi connectivity index (χ3n) is 3.77. The van der Waals surface area contributed by atoms with Crippen molar-refractivity contribution in [2.75, 3.05) is 26.8 Å². The predicted molar refractivity (Wildman–Crippen MR) is 81.1 cm³/mol. The fraction of sp³-hybridized carbons (Fsp3) is 0.533. The number of methoxy groups -OCH3 is 1. The van der Waals surface area contributed by atoms with Gasteiger partial charge >= 0.3 is 5.97 Å². The van der Waals surface area contributed by atoms with Crippen molar-refractivity contribution in [2.24, 2.45) is 5.92 Å². The van der Waals surface area contributed by atoms with Gasteiger partial charge in [0.2, 0.25) is 10.0 Å². The van der Waals surface area contributed by atoms with Crippen molar-refractivity contribution in [1.29, 1.82) is 0 Å². The number of ether oxygens (including phenoxy) is 2. The summed E-state index contributed by atoms with van der Waals surface area (Å²) in [5.41, 5.74) is 0. The van der Waals surface area contributed by atoms with Crippen LogP contribution in [-0.4, -0.2) is 45.5 Å². The SMILES string of the molecule is CCOC(=O)C1CCN(S(=O)(=O)c2ccc(OC)cc2)CC1. The number of hydrogen-bond donors (Lipinski definition) is 0. The van der Waals surface area contributed by atoms with Crippen LogP contribution in [0.25, 0.3) is 0 Å². The van der Waals surface area contributed by atoms with Crippen molar-refractivity contribution < 1.29 is 22.7 Å². The Bertz CT molecular complexity index is 603. The number of carbonyl (C=O) groups is 1. The van der Waals surface area contributed by atoms with Crippen molar-refractivity contribution in [2.45, 2.75) is 24.7 Å². The molecule has 2 rings (SSSR count). The van der Waals surface area contributed by atoms with Crippen LogP contribution in [0.15, 0.2) is 29.2 Å². The largest absolute Gasteiger partial charge is 0.497 e. The fourth-order valence-corrected chi connectivity index (χ4v) is 3.96. The molecule has 0 bridgehead atoms. The Kier molecular flexibility index (Phi) is 5.42. The van der Waals surface area contributed by atoms with Gasteiger partial charge in [-0.2, -0.15) is 4.31 Å². The van der Waals surface area contributed by atoms with Gasteiger partial charge in [-0.3, -0.25) is 4.79 Å². The average Bonchev–Trinajstić information content (AvgIpc) is 2.55. The Hall–Kier alpha value is -1.60. The van der Waals surface area contributed by atoms with Gasteiger partial charge in [-0.25, -0.2) is 8.42 Å². The lowest BCUT2D eigenvalue weighted by Crippen LogP contribution is -2.40. The number of carbonyl (C=O) groups excluding carboxylic acids is 1. The maximum absolute atomic E-state index is 12.6. The molecule has 0 spiro atoms. The van der Waals surface area contributed by atoms with Gasteiger partial charge in [-0.05, 0) is 44.0 Å². The minimum atomic E-state index is -3.52. The third kappa shape index (κ3) is 3.59. The van der Waals surface area contributed by atoms with Gasteiger partial charge < -0.3 is 9.47 Å². The lowest BCUT2D eigenvalue weighted by molar-refractivity contribution is -0.149. The van der Waals surface area contributed by atoms with Crippen LogP contribution in [0.1, 0.15) is 19.8 Å². The first kappa shape index (κ1) is 16.8. The van der Waals surface area contributed by atoms with E-state index in [0.717, 1.165) is 0 Å². The number of sulfonamides is 1. The molecule has 0 aromatic heterocycles. The lowest BCUT2D eigenvalue weighted by atomic mass is 9.98. The molecule has 1 fully saturated rings. The highest BCUT2D eigenvalue weighted by Crippen LogP contribution is 2.25. The highest BCUT2D eigenvalue weighted by molar-refractivity contribution is 7.89. The van der Waals surface area contributed by atoms with Gasteiger partial charge in [0.1, 0.15) is 5.75 Å². The normalized spacial score (nSPS) is 17.2. The van der Waals surface area contributed by atoms with Crippen LogP contribution < -0.4 is 4.74 Å². The first-order chi connectivity index (χ1) is 10.5. The van der Waals surface area contributed by atoms with E-state index in [-0.39, 0.29) is 16.8 Å². The third-order valence-corrected chi connectivity index (χ3v) is 5.68. The second-order valence-corrected chi connectivity index (χ2v) is 7.04. The van der Waals surface area contributed by atoms with Gasteiger partial charge in [0.05, 0.1) is 24.5 Å². The van der Waals surface area contributed by atoms with Gasteiger partial charge in [-0.15, -0.1) is 0 Å². The smallest absolute Gasteiger partial charge is 0.309 e. The van der Waals surface area contributed by atoms with Crippen LogP contribution in [0.5, 0.6) is 5.75 Å². The molecule has 1 aliphatic heterocycles. The van der Waals surface area contributed by atoms with E-state index in [4.69, 9.17) is 9.47 Å². The van der Waals surface area contributed by atoms with E-state index in [1.54, 1.807) is 19.1 Å². The van der Waals surface area contributed by atoms with Crippen LogP contribution in [0, 0.1) is 5.92 Å². The maximum atomic E-state index is 12.6. The zero-order valence-electron chi connectivity index (χ0n) is 12.8. The minimum Gasteiger partial charge on any atom is -0.497 e. The first-order valence-corrected chi connectivity index (χ1v) is 8.74. The molecule has 0 N–H and O–H groups in total. The topological polar surface area (TPSA) is 72.9 Å². The molecule has 1 aliphatic rings. The van der Waals surface area contributed by atoms with Crippen LogP contribution in [0.4, 0.5) is 0 Å². The summed E-state index contributed by atoms with van der Waals surface area (Å²) in [4.78, 5) is 11.9. The minimum absolute atomic E-state index is 0.206. The number of benzene rings is 1. The molecular formula is C15H21NO5S. The molecule has 6 nitrogen and oxygen atoms in total. The van der Waals surface area contributed by atoms with Gasteiger partial charge in [0.15, 0.2) is 0 Å². The number of hydrogen-bond acceptors (Lipinski definition) is 5. The Morgan fingerprint density at radius 3 is 2.32 bits per heavy atom. The molecule has 22 heavy (non-hydrogen) atoms. The van der Waals surface area contributed by atoms with Gasteiger partial charge in [-0.1, -0.05) is 0 Å². The predicted octanol–water partition coefficient (Wildman–Crippen LogP) is 1.66. The van der Waals surface area contributed by atoms with Crippen LogP contribution in [0.2, 0.25) is 0 Å². The number of nitrogens with zero attached hydrogens (tertiary/aromatic N) is 1. The van der Waals surface area contributed by atoms with E-state index in [2.05, 4.69) is 0 Å². The first-order valence-electron chi connectivity index (χ1n) is 7.30. The molecule has 1 aromatic carbocycles. The number of rotatable bonds is 5. The molecule has 122 valence electrons. The molecule has 7 heteroatoms. The standard InChI is InChI=1S/C15H21NO5S/c1-3-21-15(17)12-8-10-16(11-9-12)22(18,19)14-6-4-13(20-2)5-7-14/h4-7,12H,3,8-11H2,1-2H3. The van der Waals surface area contributed by atoms with Crippen molar-refractivity contribution >= 4 is 16.0 Å². The molecule has 0 unspecified atom stereocenters. The molecular weight excluding hydrogens is 306 g/mol. The van der Waals surface area contributed by atoms with Crippen molar-refractivity contribution in [3.05, 3.63) is 24.3 Å². The summed E-state index contributed by atoms with van der Waals surface area (Å²) >= 11 is 0. The number of piperidine rings is 1. The summed E-state index contributed by atoms with van der Waals surface area (Å²) in [7, 11) is -1.99. The second kappa shape index (κ2) is 7.11. The molecule has 0 aliphatic carbocycles. The fourth-order valence-electron chi connectivity index (χ4n) is 2.49. The monoisotopic (exact) mass is 327 g/mol. The van der Waals surface area contributed by atoms with E-state index in [1.807, 2.05) is 0 Å². The van der Waals surface area contributed by atoms with Crippen LogP contribution in [0.3, 0.4) is 0 Å². The highest BCUT2D eigenvalue weighted by atomic mass is 32.2. The van der Waals surface area contributed by atoms with Crippen LogP contribution >= 0.6 is 0 Å². The Morgan fingerprint density at radius 2 is 1.82 bits per heavy atom. The van der Waals surface area contributed by atoms with Gasteiger partial charge in [0, 0.05) is 13.1 Å². The van der Waals surface area contributed by atoms with Gasteiger partial charge in [0.25, 0.3) is 0 Å². The highest BCUT2D eigenvalue weighted by Gasteiger charge is 2.32. The summed E-state index contributed by atoms with van der Waals surface area (Å²) in [6, 6.07) is 6.31.